The molecule has 8 nitrogen and oxygen atoms in total. The van der Waals surface area contributed by atoms with Gasteiger partial charge in [0, 0.05) is 33.2 Å². The third kappa shape index (κ3) is 6.35. The number of H-pyrrole nitrogens is 2. The second-order valence-corrected chi connectivity index (χ2v) is 11.2. The molecule has 0 radical (unpaired) electrons. The Labute approximate surface area is 267 Å². The Kier molecular flexibility index (Phi) is 8.45. The fourth-order valence-electron chi connectivity index (χ4n) is 5.66. The summed E-state index contributed by atoms with van der Waals surface area (Å²) in [5.41, 5.74) is 22.7. The molecule has 0 unspecified atom stereocenters. The summed E-state index contributed by atoms with van der Waals surface area (Å²) in [6, 6.07) is 28.8. The molecule has 0 spiro atoms. The standard InChI is InChI=1S/C38H36N6O2/c39-19-1-21-45-31-11-3-25(4-12-31)37-33-15-7-27(41-33)23-29-9-17-35(43-29)38(26-5-13-32(14-6-26)46-22-2-20-40)36-18-10-30(44-36)24-28-8-16-34(37)42-28/h3-18,23-24,41-42H,1-2,19-22,39-40H2. The molecule has 7 rings (SSSR count). The first kappa shape index (κ1) is 29.3. The number of benzene rings is 2. The van der Waals surface area contributed by atoms with E-state index < -0.39 is 0 Å². The van der Waals surface area contributed by atoms with Crippen LogP contribution >= 0.6 is 0 Å². The van der Waals surface area contributed by atoms with Crippen LogP contribution < -0.4 is 20.9 Å². The first-order chi connectivity index (χ1) is 22.7. The predicted octanol–water partition coefficient (Wildman–Crippen LogP) is 7.44. The Morgan fingerprint density at radius 3 is 1.43 bits per heavy atom. The molecule has 0 fully saturated rings. The Hall–Kier alpha value is -5.44. The first-order valence-electron chi connectivity index (χ1n) is 15.6. The smallest absolute Gasteiger partial charge is 0.119 e. The number of hydrogen-bond donors (Lipinski definition) is 4. The van der Waals surface area contributed by atoms with Crippen molar-refractivity contribution in [3.63, 3.8) is 0 Å². The van der Waals surface area contributed by atoms with Crippen molar-refractivity contribution in [2.75, 3.05) is 26.3 Å². The van der Waals surface area contributed by atoms with Crippen molar-refractivity contribution in [1.82, 2.24) is 19.9 Å². The van der Waals surface area contributed by atoms with Gasteiger partial charge in [-0.3, -0.25) is 0 Å². The van der Waals surface area contributed by atoms with Crippen LogP contribution in [0.3, 0.4) is 0 Å². The summed E-state index contributed by atoms with van der Waals surface area (Å²) in [7, 11) is 0. The van der Waals surface area contributed by atoms with E-state index in [1.54, 1.807) is 0 Å². The summed E-state index contributed by atoms with van der Waals surface area (Å²) in [6.07, 6.45) is 9.82. The van der Waals surface area contributed by atoms with E-state index in [4.69, 9.17) is 30.9 Å². The summed E-state index contributed by atoms with van der Waals surface area (Å²) in [5, 5.41) is 0. The van der Waals surface area contributed by atoms with Gasteiger partial charge in [0.05, 0.1) is 36.0 Å². The molecule has 2 aliphatic rings. The minimum absolute atomic E-state index is 0.594. The van der Waals surface area contributed by atoms with Crippen LogP contribution in [-0.2, 0) is 0 Å². The number of aromatic amines is 2. The van der Waals surface area contributed by atoms with E-state index in [2.05, 4.69) is 82.8 Å². The maximum absolute atomic E-state index is 5.85. The second kappa shape index (κ2) is 13.3. The Morgan fingerprint density at radius 1 is 0.522 bits per heavy atom. The number of nitrogens with zero attached hydrogens (tertiary/aromatic N) is 2. The van der Waals surface area contributed by atoms with Crippen LogP contribution in [0.1, 0.15) is 35.6 Å². The average molecular weight is 609 g/mol. The lowest BCUT2D eigenvalue weighted by atomic mass is 10.0. The molecule has 0 aliphatic carbocycles. The largest absolute Gasteiger partial charge is 0.494 e. The normalized spacial score (nSPS) is 12.0. The number of nitrogens with two attached hydrogens (primary N) is 2. The van der Waals surface area contributed by atoms with E-state index in [0.29, 0.717) is 26.3 Å². The fourth-order valence-corrected chi connectivity index (χ4v) is 5.66. The predicted molar refractivity (Wildman–Crippen MR) is 188 cm³/mol. The zero-order valence-electron chi connectivity index (χ0n) is 25.5. The van der Waals surface area contributed by atoms with E-state index >= 15 is 0 Å². The highest BCUT2D eigenvalue weighted by atomic mass is 16.5. The van der Waals surface area contributed by atoms with Gasteiger partial charge < -0.3 is 30.9 Å². The average Bonchev–Trinajstić information content (AvgIpc) is 3.90. The van der Waals surface area contributed by atoms with Crippen molar-refractivity contribution >= 4 is 46.4 Å². The number of fused-ring (bicyclic) bond motifs is 8. The monoisotopic (exact) mass is 608 g/mol. The molecule has 3 aromatic heterocycles. The van der Waals surface area contributed by atoms with Crippen LogP contribution in [0.4, 0.5) is 0 Å². The van der Waals surface area contributed by atoms with Gasteiger partial charge in [-0.15, -0.1) is 0 Å². The van der Waals surface area contributed by atoms with E-state index in [1.165, 1.54) is 0 Å². The lowest BCUT2D eigenvalue weighted by Crippen LogP contribution is -2.05. The molecule has 0 amide bonds. The van der Waals surface area contributed by atoms with Gasteiger partial charge in [0.2, 0.25) is 0 Å². The van der Waals surface area contributed by atoms with Gasteiger partial charge in [0.15, 0.2) is 0 Å². The zero-order valence-corrected chi connectivity index (χ0v) is 25.5. The number of rotatable bonds is 10. The van der Waals surface area contributed by atoms with Crippen LogP contribution in [-0.4, -0.2) is 46.2 Å². The summed E-state index contributed by atoms with van der Waals surface area (Å²) in [4.78, 5) is 17.3. The first-order valence-corrected chi connectivity index (χ1v) is 15.6. The Balaban J connectivity index is 1.37. The summed E-state index contributed by atoms with van der Waals surface area (Å²) < 4.78 is 11.7. The molecule has 8 heteroatoms. The molecule has 0 saturated heterocycles. The highest BCUT2D eigenvalue weighted by Gasteiger charge is 2.15. The van der Waals surface area contributed by atoms with E-state index in [1.807, 2.05) is 36.4 Å². The molecule has 5 heterocycles. The molecule has 6 N–H and O–H groups in total. The molecule has 8 bridgehead atoms. The number of hydrogen-bond acceptors (Lipinski definition) is 6. The summed E-state index contributed by atoms with van der Waals surface area (Å²) >= 11 is 0. The molecule has 46 heavy (non-hydrogen) atoms. The lowest BCUT2D eigenvalue weighted by molar-refractivity contribution is 0.313. The third-order valence-electron chi connectivity index (χ3n) is 7.92. The molecular weight excluding hydrogens is 572 g/mol. The molecular formula is C38H36N6O2. The topological polar surface area (TPSA) is 128 Å². The van der Waals surface area contributed by atoms with E-state index in [0.717, 1.165) is 91.4 Å². The minimum atomic E-state index is 0.594. The maximum Gasteiger partial charge on any atom is 0.119 e. The van der Waals surface area contributed by atoms with E-state index in [-0.39, 0.29) is 0 Å². The Bertz CT molecular complexity index is 1980. The van der Waals surface area contributed by atoms with Crippen molar-refractivity contribution in [1.29, 1.82) is 0 Å². The lowest BCUT2D eigenvalue weighted by Gasteiger charge is -2.08. The Morgan fingerprint density at radius 2 is 0.978 bits per heavy atom. The van der Waals surface area contributed by atoms with Crippen LogP contribution in [0.15, 0.2) is 84.9 Å². The van der Waals surface area contributed by atoms with Gasteiger partial charge in [-0.25, -0.2) is 9.97 Å². The van der Waals surface area contributed by atoms with Gasteiger partial charge >= 0.3 is 0 Å². The maximum atomic E-state index is 5.85. The number of nitrogens with one attached hydrogen (secondary N) is 2. The molecule has 2 aliphatic heterocycles. The highest BCUT2D eigenvalue weighted by molar-refractivity contribution is 5.94. The van der Waals surface area contributed by atoms with Crippen LogP contribution in [0.25, 0.3) is 68.6 Å². The third-order valence-corrected chi connectivity index (χ3v) is 7.92. The van der Waals surface area contributed by atoms with Crippen LogP contribution in [0.5, 0.6) is 11.5 Å². The zero-order chi connectivity index (χ0) is 31.3. The van der Waals surface area contributed by atoms with E-state index in [9.17, 15) is 0 Å². The van der Waals surface area contributed by atoms with Gasteiger partial charge in [0.25, 0.3) is 0 Å². The summed E-state index contributed by atoms with van der Waals surface area (Å²) in [5.74, 6) is 1.64. The summed E-state index contributed by atoms with van der Waals surface area (Å²) in [6.45, 7) is 2.41. The van der Waals surface area contributed by atoms with Gasteiger partial charge in [-0.1, -0.05) is 24.3 Å². The van der Waals surface area contributed by atoms with Crippen molar-refractivity contribution in [2.45, 2.75) is 12.8 Å². The molecule has 0 saturated carbocycles. The van der Waals surface area contributed by atoms with Gasteiger partial charge in [0.1, 0.15) is 11.5 Å². The molecule has 230 valence electrons. The van der Waals surface area contributed by atoms with Crippen LogP contribution in [0.2, 0.25) is 0 Å². The molecule has 2 aromatic carbocycles. The number of aromatic nitrogens is 4. The second-order valence-electron chi connectivity index (χ2n) is 11.2. The molecule has 0 atom stereocenters. The highest BCUT2D eigenvalue weighted by Crippen LogP contribution is 2.33. The molecule has 5 aromatic rings. The quantitative estimate of drug-likeness (QED) is 0.120. The van der Waals surface area contributed by atoms with Crippen molar-refractivity contribution < 1.29 is 9.47 Å². The SMILES string of the molecule is NCCCOc1ccc(-c2c3nc(cc4ccc([nH]4)c(-c4ccc(OCCCN)cc4)c4ccc(cc5nc2C=C5)[nH]4)C=C3)cc1. The van der Waals surface area contributed by atoms with Gasteiger partial charge in [-0.05, 0) is 122 Å². The van der Waals surface area contributed by atoms with Crippen molar-refractivity contribution in [3.8, 4) is 33.8 Å². The van der Waals surface area contributed by atoms with Crippen molar-refractivity contribution in [2.24, 2.45) is 11.5 Å². The van der Waals surface area contributed by atoms with Gasteiger partial charge in [-0.2, -0.15) is 0 Å². The minimum Gasteiger partial charge on any atom is -0.494 e. The number of ether oxygens (including phenoxy) is 2. The van der Waals surface area contributed by atoms with Crippen LogP contribution in [0, 0.1) is 0 Å². The fraction of sp³-hybridized carbons (Fsp3) is 0.158. The van der Waals surface area contributed by atoms with Crippen molar-refractivity contribution in [3.05, 3.63) is 108 Å².